The summed E-state index contributed by atoms with van der Waals surface area (Å²) in [5.41, 5.74) is 11.3. The van der Waals surface area contributed by atoms with E-state index in [9.17, 15) is 0 Å². The van der Waals surface area contributed by atoms with Crippen molar-refractivity contribution >= 4 is 28.3 Å². The van der Waals surface area contributed by atoms with Gasteiger partial charge in [-0.25, -0.2) is 4.98 Å². The normalized spacial score (nSPS) is 10.8. The average molecular weight is 465 g/mol. The van der Waals surface area contributed by atoms with E-state index in [0.717, 1.165) is 39.2 Å². The predicted molar refractivity (Wildman–Crippen MR) is 136 cm³/mol. The van der Waals surface area contributed by atoms with Crippen molar-refractivity contribution in [2.24, 2.45) is 0 Å². The molecule has 0 saturated carbocycles. The first-order valence-electron chi connectivity index (χ1n) is 10.8. The van der Waals surface area contributed by atoms with Crippen LogP contribution in [0.1, 0.15) is 16.8 Å². The molecule has 3 aromatic carbocycles. The maximum atomic E-state index is 9.13. The van der Waals surface area contributed by atoms with Crippen LogP contribution in [0.2, 0.25) is 5.02 Å². The van der Waals surface area contributed by atoms with Crippen molar-refractivity contribution in [2.45, 2.75) is 13.2 Å². The standard InChI is InChI=1S/C28H21ClN4O/c29-25-9-2-1-8-24(25)27-14-21-11-12-23(34-18-20-6-3-5-19(13-20)16-30)15-26(21)33(27)17-22-7-4-10-28(31)32-22/h1-15H,17-18H2,(H2,31,32). The average Bonchev–Trinajstić information content (AvgIpc) is 3.20. The Hall–Kier alpha value is -4.27. The maximum absolute atomic E-state index is 9.13. The molecular formula is C28H21ClN4O. The van der Waals surface area contributed by atoms with Crippen molar-refractivity contribution in [1.29, 1.82) is 5.26 Å². The van der Waals surface area contributed by atoms with Crippen LogP contribution in [0.25, 0.3) is 22.2 Å². The number of ether oxygens (including phenoxy) is 1. The number of nitrogen functional groups attached to an aromatic ring is 1. The first-order chi connectivity index (χ1) is 16.6. The smallest absolute Gasteiger partial charge is 0.123 e. The van der Waals surface area contributed by atoms with Crippen molar-refractivity contribution in [3.05, 3.63) is 113 Å². The van der Waals surface area contributed by atoms with Crippen LogP contribution in [0.5, 0.6) is 5.75 Å². The third-order valence-corrected chi connectivity index (χ3v) is 5.97. The number of anilines is 1. The van der Waals surface area contributed by atoms with E-state index in [0.29, 0.717) is 29.6 Å². The van der Waals surface area contributed by atoms with E-state index in [1.807, 2.05) is 72.8 Å². The Bertz CT molecular complexity index is 1530. The minimum Gasteiger partial charge on any atom is -0.489 e. The molecule has 6 heteroatoms. The molecule has 0 bridgehead atoms. The molecule has 34 heavy (non-hydrogen) atoms. The molecule has 2 heterocycles. The van der Waals surface area contributed by atoms with Crippen molar-refractivity contribution in [2.75, 3.05) is 5.73 Å². The minimum atomic E-state index is 0.371. The van der Waals surface area contributed by atoms with Gasteiger partial charge < -0.3 is 15.0 Å². The predicted octanol–water partition coefficient (Wildman–Crippen LogP) is 6.44. The van der Waals surface area contributed by atoms with Crippen molar-refractivity contribution in [3.8, 4) is 23.1 Å². The number of nitrogens with two attached hydrogens (primary N) is 1. The summed E-state index contributed by atoms with van der Waals surface area (Å²) in [4.78, 5) is 4.49. The van der Waals surface area contributed by atoms with Crippen LogP contribution in [0, 0.1) is 11.3 Å². The fraction of sp³-hybridized carbons (Fsp3) is 0.0714. The van der Waals surface area contributed by atoms with E-state index in [2.05, 4.69) is 21.7 Å². The molecule has 0 saturated heterocycles. The summed E-state index contributed by atoms with van der Waals surface area (Å²) < 4.78 is 8.26. The van der Waals surface area contributed by atoms with Crippen LogP contribution in [0.15, 0.2) is 91.0 Å². The summed E-state index contributed by atoms with van der Waals surface area (Å²) in [5.74, 6) is 1.22. The van der Waals surface area contributed by atoms with Crippen LogP contribution in [0.4, 0.5) is 5.82 Å². The Balaban J connectivity index is 1.55. The number of hydrogen-bond donors (Lipinski definition) is 1. The molecule has 0 unspecified atom stereocenters. The second kappa shape index (κ2) is 9.30. The van der Waals surface area contributed by atoms with Gasteiger partial charge in [-0.1, -0.05) is 48.0 Å². The maximum Gasteiger partial charge on any atom is 0.123 e. The molecule has 0 aliphatic carbocycles. The number of rotatable bonds is 6. The lowest BCUT2D eigenvalue weighted by Gasteiger charge is -2.13. The summed E-state index contributed by atoms with van der Waals surface area (Å²) in [6, 6.07) is 31.2. The van der Waals surface area contributed by atoms with Gasteiger partial charge in [0, 0.05) is 22.0 Å². The van der Waals surface area contributed by atoms with Crippen LogP contribution in [0.3, 0.4) is 0 Å². The summed E-state index contributed by atoms with van der Waals surface area (Å²) in [7, 11) is 0. The summed E-state index contributed by atoms with van der Waals surface area (Å²) in [6.45, 7) is 0.901. The van der Waals surface area contributed by atoms with Gasteiger partial charge in [0.05, 0.1) is 35.1 Å². The van der Waals surface area contributed by atoms with Gasteiger partial charge in [0.15, 0.2) is 0 Å². The molecule has 0 radical (unpaired) electrons. The van der Waals surface area contributed by atoms with E-state index in [-0.39, 0.29) is 0 Å². The first kappa shape index (κ1) is 21.6. The molecule has 0 aliphatic rings. The quantitative estimate of drug-likeness (QED) is 0.313. The molecule has 2 N–H and O–H groups in total. The molecule has 0 atom stereocenters. The van der Waals surface area contributed by atoms with Gasteiger partial charge in [0.25, 0.3) is 0 Å². The molecule has 0 aliphatic heterocycles. The molecule has 0 amide bonds. The number of hydrogen-bond acceptors (Lipinski definition) is 4. The number of pyridine rings is 1. The van der Waals surface area contributed by atoms with Gasteiger partial charge in [0.1, 0.15) is 18.2 Å². The Labute approximate surface area is 202 Å². The molecule has 166 valence electrons. The van der Waals surface area contributed by atoms with Gasteiger partial charge in [-0.3, -0.25) is 0 Å². The second-order valence-corrected chi connectivity index (χ2v) is 8.38. The molecule has 5 nitrogen and oxygen atoms in total. The van der Waals surface area contributed by atoms with Crippen molar-refractivity contribution in [1.82, 2.24) is 9.55 Å². The number of nitrogens with zero attached hydrogens (tertiary/aromatic N) is 3. The molecule has 5 aromatic rings. The molecule has 0 spiro atoms. The topological polar surface area (TPSA) is 76.9 Å². The van der Waals surface area contributed by atoms with Gasteiger partial charge >= 0.3 is 0 Å². The lowest BCUT2D eigenvalue weighted by molar-refractivity contribution is 0.306. The lowest BCUT2D eigenvalue weighted by Crippen LogP contribution is -2.05. The summed E-state index contributed by atoms with van der Waals surface area (Å²) in [6.07, 6.45) is 0. The summed E-state index contributed by atoms with van der Waals surface area (Å²) in [5, 5.41) is 10.9. The molecule has 2 aromatic heterocycles. The zero-order chi connectivity index (χ0) is 23.5. The zero-order valence-electron chi connectivity index (χ0n) is 18.3. The van der Waals surface area contributed by atoms with E-state index in [4.69, 9.17) is 27.3 Å². The first-order valence-corrected chi connectivity index (χ1v) is 11.2. The van der Waals surface area contributed by atoms with E-state index >= 15 is 0 Å². The molecule has 5 rings (SSSR count). The fourth-order valence-corrected chi connectivity index (χ4v) is 4.26. The second-order valence-electron chi connectivity index (χ2n) is 7.97. The number of halogens is 1. The minimum absolute atomic E-state index is 0.371. The summed E-state index contributed by atoms with van der Waals surface area (Å²) >= 11 is 6.56. The van der Waals surface area contributed by atoms with E-state index < -0.39 is 0 Å². The third kappa shape index (κ3) is 4.45. The van der Waals surface area contributed by atoms with Gasteiger partial charge in [-0.05, 0) is 54.1 Å². The van der Waals surface area contributed by atoms with Crippen LogP contribution >= 0.6 is 11.6 Å². The fourth-order valence-electron chi connectivity index (χ4n) is 4.03. The van der Waals surface area contributed by atoms with Crippen molar-refractivity contribution < 1.29 is 4.74 Å². The highest BCUT2D eigenvalue weighted by Gasteiger charge is 2.15. The number of aromatic nitrogens is 2. The Morgan fingerprint density at radius 1 is 0.941 bits per heavy atom. The molecule has 0 fully saturated rings. The molecular weight excluding hydrogens is 444 g/mol. The van der Waals surface area contributed by atoms with Crippen molar-refractivity contribution in [3.63, 3.8) is 0 Å². The zero-order valence-corrected chi connectivity index (χ0v) is 19.0. The highest BCUT2D eigenvalue weighted by Crippen LogP contribution is 2.35. The lowest BCUT2D eigenvalue weighted by atomic mass is 10.1. The monoisotopic (exact) mass is 464 g/mol. The highest BCUT2D eigenvalue weighted by atomic mass is 35.5. The largest absolute Gasteiger partial charge is 0.489 e. The van der Waals surface area contributed by atoms with E-state index in [1.54, 1.807) is 12.1 Å². The number of benzene rings is 3. The van der Waals surface area contributed by atoms with Gasteiger partial charge in [-0.15, -0.1) is 0 Å². The number of fused-ring (bicyclic) bond motifs is 1. The van der Waals surface area contributed by atoms with E-state index in [1.165, 1.54) is 0 Å². The Kier molecular flexibility index (Phi) is 5.90. The third-order valence-electron chi connectivity index (χ3n) is 5.64. The Morgan fingerprint density at radius 3 is 2.62 bits per heavy atom. The number of nitriles is 1. The van der Waals surface area contributed by atoms with Gasteiger partial charge in [0.2, 0.25) is 0 Å². The highest BCUT2D eigenvalue weighted by molar-refractivity contribution is 6.33. The van der Waals surface area contributed by atoms with Crippen LogP contribution in [-0.4, -0.2) is 9.55 Å². The SMILES string of the molecule is N#Cc1cccc(COc2ccc3cc(-c4ccccc4Cl)n(Cc4cccc(N)n4)c3c2)c1. The van der Waals surface area contributed by atoms with Crippen LogP contribution < -0.4 is 10.5 Å². The van der Waals surface area contributed by atoms with Crippen LogP contribution in [-0.2, 0) is 13.2 Å². The van der Waals surface area contributed by atoms with Gasteiger partial charge in [-0.2, -0.15) is 5.26 Å². The Morgan fingerprint density at radius 2 is 1.79 bits per heavy atom.